The van der Waals surface area contributed by atoms with Gasteiger partial charge in [0.1, 0.15) is 17.8 Å². The Labute approximate surface area is 168 Å². The molecule has 0 radical (unpaired) electrons. The van der Waals surface area contributed by atoms with E-state index in [1.807, 2.05) is 6.07 Å². The fourth-order valence-corrected chi connectivity index (χ4v) is 3.01. The minimum Gasteiger partial charge on any atom is -0.450 e. The second-order valence-corrected chi connectivity index (χ2v) is 6.54. The fraction of sp³-hybridized carbons (Fsp3) is 0.350. The maximum atomic E-state index is 12.4. The number of ether oxygens (including phenoxy) is 1. The van der Waals surface area contributed by atoms with Crippen molar-refractivity contribution in [1.29, 1.82) is 5.26 Å². The lowest BCUT2D eigenvalue weighted by Crippen LogP contribution is -2.42. The van der Waals surface area contributed by atoms with Gasteiger partial charge in [-0.25, -0.2) is 14.8 Å². The summed E-state index contributed by atoms with van der Waals surface area (Å²) in [6.07, 6.45) is 2.57. The highest BCUT2D eigenvalue weighted by atomic mass is 16.6. The van der Waals surface area contributed by atoms with Gasteiger partial charge in [-0.1, -0.05) is 0 Å². The number of carbonyl (C=O) groups excluding carboxylic acids is 2. The number of hydrogen-bond acceptors (Lipinski definition) is 7. The maximum Gasteiger partial charge on any atom is 0.409 e. The number of nitrogens with one attached hydrogen (secondary N) is 2. The van der Waals surface area contributed by atoms with E-state index in [2.05, 4.69) is 20.6 Å². The van der Waals surface area contributed by atoms with Crippen molar-refractivity contribution in [3.05, 3.63) is 47.9 Å². The summed E-state index contributed by atoms with van der Waals surface area (Å²) in [6.45, 7) is 3.36. The molecular formula is C20H22N6O3. The number of piperidine rings is 1. The van der Waals surface area contributed by atoms with Gasteiger partial charge in [-0.2, -0.15) is 5.26 Å². The first-order valence-corrected chi connectivity index (χ1v) is 9.41. The molecule has 2 N–H and O–H groups in total. The van der Waals surface area contributed by atoms with Crippen LogP contribution < -0.4 is 10.6 Å². The molecule has 0 aliphatic carbocycles. The maximum absolute atomic E-state index is 12.4. The SMILES string of the molecule is CCOC(=O)N1CCC(Nc2cc(C(=O)Nc3ccc(C#N)cc3)ncn2)CC1. The lowest BCUT2D eigenvalue weighted by Gasteiger charge is -2.31. The van der Waals surface area contributed by atoms with Crippen molar-refractivity contribution in [3.8, 4) is 6.07 Å². The van der Waals surface area contributed by atoms with Crippen molar-refractivity contribution < 1.29 is 14.3 Å². The highest BCUT2D eigenvalue weighted by Crippen LogP contribution is 2.17. The minimum atomic E-state index is -0.364. The molecule has 2 amide bonds. The van der Waals surface area contributed by atoms with Crippen molar-refractivity contribution in [2.24, 2.45) is 0 Å². The van der Waals surface area contributed by atoms with E-state index in [1.54, 1.807) is 42.2 Å². The molecule has 2 aromatic rings. The summed E-state index contributed by atoms with van der Waals surface area (Å²) in [5.74, 6) is 0.192. The number of anilines is 2. The van der Waals surface area contributed by atoms with Gasteiger partial charge in [0.25, 0.3) is 5.91 Å². The molecule has 1 aliphatic heterocycles. The van der Waals surface area contributed by atoms with Crippen molar-refractivity contribution in [1.82, 2.24) is 14.9 Å². The molecule has 3 rings (SSSR count). The highest BCUT2D eigenvalue weighted by molar-refractivity contribution is 6.03. The van der Waals surface area contributed by atoms with E-state index in [-0.39, 0.29) is 23.7 Å². The van der Waals surface area contributed by atoms with Gasteiger partial charge in [0.05, 0.1) is 18.2 Å². The van der Waals surface area contributed by atoms with Crippen LogP contribution in [0.1, 0.15) is 35.8 Å². The molecule has 150 valence electrons. The average Bonchev–Trinajstić information content (AvgIpc) is 2.75. The van der Waals surface area contributed by atoms with Crippen LogP contribution >= 0.6 is 0 Å². The lowest BCUT2D eigenvalue weighted by atomic mass is 10.1. The van der Waals surface area contributed by atoms with Gasteiger partial charge in [-0.05, 0) is 44.0 Å². The zero-order chi connectivity index (χ0) is 20.6. The highest BCUT2D eigenvalue weighted by Gasteiger charge is 2.23. The Hall–Kier alpha value is -3.67. The Morgan fingerprint density at radius 1 is 1.24 bits per heavy atom. The Morgan fingerprint density at radius 3 is 2.62 bits per heavy atom. The standard InChI is InChI=1S/C20H22N6O3/c1-2-29-20(28)26-9-7-16(8-10-26)24-18-11-17(22-13-23-18)19(27)25-15-5-3-14(12-21)4-6-15/h3-6,11,13,16H,2,7-10H2,1H3,(H,25,27)(H,22,23,24). The summed E-state index contributed by atoms with van der Waals surface area (Å²) >= 11 is 0. The third-order valence-corrected chi connectivity index (χ3v) is 4.54. The van der Waals surface area contributed by atoms with Crippen LogP contribution in [-0.2, 0) is 4.74 Å². The van der Waals surface area contributed by atoms with Crippen LogP contribution in [0.2, 0.25) is 0 Å². The predicted octanol–water partition coefficient (Wildman–Crippen LogP) is 2.63. The van der Waals surface area contributed by atoms with Gasteiger partial charge < -0.3 is 20.3 Å². The molecule has 0 atom stereocenters. The molecule has 1 aromatic heterocycles. The number of benzene rings is 1. The minimum absolute atomic E-state index is 0.144. The number of hydrogen-bond donors (Lipinski definition) is 2. The molecular weight excluding hydrogens is 372 g/mol. The van der Waals surface area contributed by atoms with E-state index in [9.17, 15) is 9.59 Å². The van der Waals surface area contributed by atoms with Crippen LogP contribution in [0.3, 0.4) is 0 Å². The number of likely N-dealkylation sites (tertiary alicyclic amines) is 1. The summed E-state index contributed by atoms with van der Waals surface area (Å²) in [7, 11) is 0. The summed E-state index contributed by atoms with van der Waals surface area (Å²) in [5, 5.41) is 14.9. The van der Waals surface area contributed by atoms with Gasteiger partial charge in [0.15, 0.2) is 0 Å². The van der Waals surface area contributed by atoms with E-state index < -0.39 is 0 Å². The van der Waals surface area contributed by atoms with E-state index in [4.69, 9.17) is 10.00 Å². The van der Waals surface area contributed by atoms with E-state index in [0.29, 0.717) is 36.8 Å². The second kappa shape index (κ2) is 9.50. The van der Waals surface area contributed by atoms with Gasteiger partial charge in [0, 0.05) is 30.9 Å². The summed E-state index contributed by atoms with van der Waals surface area (Å²) < 4.78 is 5.02. The number of nitriles is 1. The molecule has 2 heterocycles. The summed E-state index contributed by atoms with van der Waals surface area (Å²) in [6, 6.07) is 10.3. The largest absolute Gasteiger partial charge is 0.450 e. The monoisotopic (exact) mass is 394 g/mol. The Balaban J connectivity index is 1.56. The molecule has 0 saturated carbocycles. The third-order valence-electron chi connectivity index (χ3n) is 4.54. The Bertz CT molecular complexity index is 901. The van der Waals surface area contributed by atoms with Gasteiger partial charge >= 0.3 is 6.09 Å². The molecule has 0 bridgehead atoms. The first-order valence-electron chi connectivity index (χ1n) is 9.41. The van der Waals surface area contributed by atoms with E-state index in [0.717, 1.165) is 12.8 Å². The molecule has 1 aromatic carbocycles. The zero-order valence-corrected chi connectivity index (χ0v) is 16.1. The van der Waals surface area contributed by atoms with E-state index >= 15 is 0 Å². The number of amides is 2. The molecule has 9 nitrogen and oxygen atoms in total. The van der Waals surface area contributed by atoms with Crippen molar-refractivity contribution >= 4 is 23.5 Å². The van der Waals surface area contributed by atoms with Crippen molar-refractivity contribution in [2.45, 2.75) is 25.8 Å². The number of rotatable bonds is 5. The quantitative estimate of drug-likeness (QED) is 0.800. The smallest absolute Gasteiger partial charge is 0.409 e. The zero-order valence-electron chi connectivity index (χ0n) is 16.1. The Kier molecular flexibility index (Phi) is 6.58. The topological polar surface area (TPSA) is 120 Å². The Morgan fingerprint density at radius 2 is 1.97 bits per heavy atom. The summed E-state index contributed by atoms with van der Waals surface area (Å²) in [5.41, 5.74) is 1.33. The molecule has 0 spiro atoms. The molecule has 1 saturated heterocycles. The number of nitrogens with zero attached hydrogens (tertiary/aromatic N) is 4. The second-order valence-electron chi connectivity index (χ2n) is 6.54. The van der Waals surface area contributed by atoms with Crippen LogP contribution in [0.5, 0.6) is 0 Å². The molecule has 29 heavy (non-hydrogen) atoms. The van der Waals surface area contributed by atoms with Crippen molar-refractivity contribution in [2.75, 3.05) is 30.3 Å². The average molecular weight is 394 g/mol. The van der Waals surface area contributed by atoms with Crippen LogP contribution in [0, 0.1) is 11.3 Å². The van der Waals surface area contributed by atoms with Gasteiger partial charge in [-0.3, -0.25) is 4.79 Å². The van der Waals surface area contributed by atoms with Crippen molar-refractivity contribution in [3.63, 3.8) is 0 Å². The first-order chi connectivity index (χ1) is 14.1. The van der Waals surface area contributed by atoms with E-state index in [1.165, 1.54) is 6.33 Å². The molecule has 0 unspecified atom stereocenters. The predicted molar refractivity (Wildman–Crippen MR) is 106 cm³/mol. The van der Waals surface area contributed by atoms with Gasteiger partial charge in [0.2, 0.25) is 0 Å². The fourth-order valence-electron chi connectivity index (χ4n) is 3.01. The molecule has 1 aliphatic rings. The number of aromatic nitrogens is 2. The summed E-state index contributed by atoms with van der Waals surface area (Å²) in [4.78, 5) is 34.1. The molecule has 9 heteroatoms. The number of carbonyl (C=O) groups is 2. The van der Waals surface area contributed by atoms with Crippen LogP contribution in [0.15, 0.2) is 36.7 Å². The van der Waals surface area contributed by atoms with Crippen LogP contribution in [-0.4, -0.2) is 52.6 Å². The van der Waals surface area contributed by atoms with Crippen LogP contribution in [0.4, 0.5) is 16.3 Å². The lowest BCUT2D eigenvalue weighted by molar-refractivity contribution is 0.0980. The normalized spacial score (nSPS) is 14.0. The first kappa shape index (κ1) is 20.1. The van der Waals surface area contributed by atoms with Crippen LogP contribution in [0.25, 0.3) is 0 Å². The third kappa shape index (κ3) is 5.42. The van der Waals surface area contributed by atoms with Gasteiger partial charge in [-0.15, -0.1) is 0 Å². The molecule has 1 fully saturated rings.